The second-order valence-corrected chi connectivity index (χ2v) is 6.62. The van der Waals surface area contributed by atoms with Crippen molar-refractivity contribution in [2.45, 2.75) is 23.5 Å². The van der Waals surface area contributed by atoms with Crippen LogP contribution in [0, 0.1) is 6.92 Å². The van der Waals surface area contributed by atoms with Crippen LogP contribution < -0.4 is 0 Å². The number of hydrogen-bond acceptors (Lipinski definition) is 2. The lowest BCUT2D eigenvalue weighted by atomic mass is 10.1. The maximum absolute atomic E-state index is 2.26. The summed E-state index contributed by atoms with van der Waals surface area (Å²) in [7, 11) is 4.28. The Balaban J connectivity index is 2.16. The van der Waals surface area contributed by atoms with Crippen molar-refractivity contribution in [2.75, 3.05) is 20.6 Å². The van der Waals surface area contributed by atoms with Gasteiger partial charge in [-0.3, -0.25) is 0 Å². The van der Waals surface area contributed by atoms with E-state index in [-0.39, 0.29) is 0 Å². The Kier molecular flexibility index (Phi) is 5.69. The first-order valence-corrected chi connectivity index (χ1v) is 7.97. The summed E-state index contributed by atoms with van der Waals surface area (Å²) in [5, 5.41) is 0.514. The van der Waals surface area contributed by atoms with E-state index in [0.29, 0.717) is 5.25 Å². The minimum absolute atomic E-state index is 0.514. The molecule has 0 spiro atoms. The number of nitrogens with zero attached hydrogens (tertiary/aromatic N) is 1. The van der Waals surface area contributed by atoms with Crippen molar-refractivity contribution in [1.82, 2.24) is 4.90 Å². The van der Waals surface area contributed by atoms with Crippen molar-refractivity contribution in [2.24, 2.45) is 0 Å². The van der Waals surface area contributed by atoms with Gasteiger partial charge in [0, 0.05) is 10.1 Å². The standard InChI is InChI=1S/C18H23NS/c1-15-9-7-8-12-17(15)20-18(13-14-19(2)3)16-10-5-4-6-11-16/h4-12,18H,13-14H2,1-3H3. The van der Waals surface area contributed by atoms with Crippen LogP contribution in [0.3, 0.4) is 0 Å². The fourth-order valence-corrected chi connectivity index (χ4v) is 3.41. The predicted molar refractivity (Wildman–Crippen MR) is 89.4 cm³/mol. The average molecular weight is 285 g/mol. The molecule has 2 heteroatoms. The molecule has 0 fully saturated rings. The molecule has 0 aliphatic rings. The normalized spacial score (nSPS) is 12.6. The van der Waals surface area contributed by atoms with E-state index >= 15 is 0 Å². The highest BCUT2D eigenvalue weighted by atomic mass is 32.2. The second-order valence-electron chi connectivity index (χ2n) is 5.37. The highest BCUT2D eigenvalue weighted by Gasteiger charge is 2.14. The monoisotopic (exact) mass is 285 g/mol. The lowest BCUT2D eigenvalue weighted by Crippen LogP contribution is -2.15. The van der Waals surface area contributed by atoms with Crippen LogP contribution in [-0.2, 0) is 0 Å². The molecule has 0 amide bonds. The molecule has 2 rings (SSSR count). The lowest BCUT2D eigenvalue weighted by Gasteiger charge is -2.20. The molecule has 0 saturated carbocycles. The van der Waals surface area contributed by atoms with E-state index in [4.69, 9.17) is 0 Å². The van der Waals surface area contributed by atoms with Gasteiger partial charge in [-0.05, 0) is 51.2 Å². The van der Waals surface area contributed by atoms with Crippen molar-refractivity contribution < 1.29 is 0 Å². The van der Waals surface area contributed by atoms with Gasteiger partial charge in [-0.15, -0.1) is 11.8 Å². The van der Waals surface area contributed by atoms with Gasteiger partial charge < -0.3 is 4.90 Å². The molecule has 0 heterocycles. The second kappa shape index (κ2) is 7.51. The van der Waals surface area contributed by atoms with E-state index in [1.54, 1.807) is 0 Å². The van der Waals surface area contributed by atoms with Crippen LogP contribution in [0.1, 0.15) is 22.8 Å². The van der Waals surface area contributed by atoms with E-state index in [2.05, 4.69) is 80.5 Å². The number of rotatable bonds is 6. The fraction of sp³-hybridized carbons (Fsp3) is 0.333. The molecule has 106 valence electrons. The molecule has 0 saturated heterocycles. The SMILES string of the molecule is Cc1ccccc1SC(CCN(C)C)c1ccccc1. The van der Waals surface area contributed by atoms with Crippen molar-refractivity contribution in [3.8, 4) is 0 Å². The summed E-state index contributed by atoms with van der Waals surface area (Å²) in [5.41, 5.74) is 2.78. The van der Waals surface area contributed by atoms with Crippen LogP contribution >= 0.6 is 11.8 Å². The van der Waals surface area contributed by atoms with Crippen LogP contribution in [0.2, 0.25) is 0 Å². The first-order valence-electron chi connectivity index (χ1n) is 7.09. The Morgan fingerprint density at radius 2 is 1.60 bits per heavy atom. The third-order valence-electron chi connectivity index (χ3n) is 3.37. The summed E-state index contributed by atoms with van der Waals surface area (Å²) in [6.45, 7) is 3.30. The van der Waals surface area contributed by atoms with Crippen LogP contribution in [0.5, 0.6) is 0 Å². The molecule has 0 aliphatic heterocycles. The van der Waals surface area contributed by atoms with Crippen LogP contribution in [0.15, 0.2) is 59.5 Å². The molecule has 1 nitrogen and oxygen atoms in total. The van der Waals surface area contributed by atoms with Crippen molar-refractivity contribution in [3.05, 3.63) is 65.7 Å². The summed E-state index contributed by atoms with van der Waals surface area (Å²) in [4.78, 5) is 3.65. The molecular formula is C18H23NS. The van der Waals surface area contributed by atoms with Gasteiger partial charge in [-0.1, -0.05) is 48.5 Å². The van der Waals surface area contributed by atoms with Crippen molar-refractivity contribution in [3.63, 3.8) is 0 Å². The highest BCUT2D eigenvalue weighted by Crippen LogP contribution is 2.39. The van der Waals surface area contributed by atoms with Gasteiger partial charge >= 0.3 is 0 Å². The molecule has 2 aromatic carbocycles. The van der Waals surface area contributed by atoms with E-state index in [9.17, 15) is 0 Å². The Morgan fingerprint density at radius 3 is 2.25 bits per heavy atom. The molecule has 1 atom stereocenters. The summed E-state index contributed by atoms with van der Waals surface area (Å²) in [5.74, 6) is 0. The summed E-state index contributed by atoms with van der Waals surface area (Å²) >= 11 is 1.98. The average Bonchev–Trinajstić information content (AvgIpc) is 2.46. The Morgan fingerprint density at radius 1 is 0.950 bits per heavy atom. The zero-order chi connectivity index (χ0) is 14.4. The third kappa shape index (κ3) is 4.39. The molecule has 0 N–H and O–H groups in total. The van der Waals surface area contributed by atoms with Gasteiger partial charge in [-0.25, -0.2) is 0 Å². The molecule has 0 bridgehead atoms. The maximum atomic E-state index is 2.26. The topological polar surface area (TPSA) is 3.24 Å². The number of thioether (sulfide) groups is 1. The van der Waals surface area contributed by atoms with Crippen LogP contribution in [-0.4, -0.2) is 25.5 Å². The number of aryl methyl sites for hydroxylation is 1. The molecule has 2 aromatic rings. The Bertz CT molecular complexity index is 522. The Labute approximate surface area is 127 Å². The maximum Gasteiger partial charge on any atom is 0.0356 e. The number of benzene rings is 2. The molecule has 20 heavy (non-hydrogen) atoms. The summed E-state index contributed by atoms with van der Waals surface area (Å²) in [6, 6.07) is 19.5. The summed E-state index contributed by atoms with van der Waals surface area (Å²) < 4.78 is 0. The molecule has 0 aromatic heterocycles. The molecule has 0 aliphatic carbocycles. The van der Waals surface area contributed by atoms with Gasteiger partial charge in [0.1, 0.15) is 0 Å². The van der Waals surface area contributed by atoms with Crippen LogP contribution in [0.25, 0.3) is 0 Å². The summed E-state index contributed by atoms with van der Waals surface area (Å²) in [6.07, 6.45) is 1.16. The van der Waals surface area contributed by atoms with E-state index in [0.717, 1.165) is 13.0 Å². The minimum atomic E-state index is 0.514. The van der Waals surface area contributed by atoms with Crippen LogP contribution in [0.4, 0.5) is 0 Å². The predicted octanol–water partition coefficient (Wildman–Crippen LogP) is 4.78. The minimum Gasteiger partial charge on any atom is -0.309 e. The number of hydrogen-bond donors (Lipinski definition) is 0. The lowest BCUT2D eigenvalue weighted by molar-refractivity contribution is 0.399. The molecular weight excluding hydrogens is 262 g/mol. The van der Waals surface area contributed by atoms with Crippen molar-refractivity contribution in [1.29, 1.82) is 0 Å². The van der Waals surface area contributed by atoms with Crippen molar-refractivity contribution >= 4 is 11.8 Å². The van der Waals surface area contributed by atoms with E-state index < -0.39 is 0 Å². The Hall–Kier alpha value is -1.25. The first kappa shape index (κ1) is 15.1. The fourth-order valence-electron chi connectivity index (χ4n) is 2.18. The largest absolute Gasteiger partial charge is 0.309 e. The smallest absolute Gasteiger partial charge is 0.0356 e. The molecule has 1 unspecified atom stereocenters. The quantitative estimate of drug-likeness (QED) is 0.703. The van der Waals surface area contributed by atoms with E-state index in [1.165, 1.54) is 16.0 Å². The molecule has 0 radical (unpaired) electrons. The van der Waals surface area contributed by atoms with Gasteiger partial charge in [0.25, 0.3) is 0 Å². The zero-order valence-electron chi connectivity index (χ0n) is 12.5. The zero-order valence-corrected chi connectivity index (χ0v) is 13.4. The van der Waals surface area contributed by atoms with Gasteiger partial charge in [0.15, 0.2) is 0 Å². The van der Waals surface area contributed by atoms with Gasteiger partial charge in [-0.2, -0.15) is 0 Å². The van der Waals surface area contributed by atoms with Gasteiger partial charge in [0.2, 0.25) is 0 Å². The third-order valence-corrected chi connectivity index (χ3v) is 4.88. The highest BCUT2D eigenvalue weighted by molar-refractivity contribution is 7.99. The van der Waals surface area contributed by atoms with Gasteiger partial charge in [0.05, 0.1) is 0 Å². The van der Waals surface area contributed by atoms with E-state index in [1.807, 2.05) is 11.8 Å². The first-order chi connectivity index (χ1) is 9.66.